The molecule has 1 N–H and O–H groups in total. The summed E-state index contributed by atoms with van der Waals surface area (Å²) in [6.07, 6.45) is 0.606. The molecule has 3 rings (SSSR count). The van der Waals surface area contributed by atoms with Gasteiger partial charge < -0.3 is 4.89 Å². The highest BCUT2D eigenvalue weighted by Gasteiger charge is 2.35. The van der Waals surface area contributed by atoms with E-state index in [2.05, 4.69) is 0 Å². The second-order valence-electron chi connectivity index (χ2n) is 6.48. The lowest BCUT2D eigenvalue weighted by molar-refractivity contribution is 0.0684. The Morgan fingerprint density at radius 1 is 0.960 bits per heavy atom. The van der Waals surface area contributed by atoms with Gasteiger partial charge in [0.05, 0.1) is 6.16 Å². The van der Waals surface area contributed by atoms with E-state index in [1.807, 2.05) is 86.6 Å². The summed E-state index contributed by atoms with van der Waals surface area (Å²) in [5, 5.41) is 2.15. The SMILES string of the molecule is CCC(C)(OP(=O)(O)Cc1ccccc1)c1cccc2ccccc12. The summed E-state index contributed by atoms with van der Waals surface area (Å²) in [4.78, 5) is 10.5. The van der Waals surface area contributed by atoms with Gasteiger partial charge in [0.2, 0.25) is 0 Å². The molecule has 4 heteroatoms. The number of hydrogen-bond acceptors (Lipinski definition) is 2. The maximum absolute atomic E-state index is 12.8. The first kappa shape index (κ1) is 17.9. The fourth-order valence-corrected chi connectivity index (χ4v) is 4.75. The second-order valence-corrected chi connectivity index (χ2v) is 8.26. The molecule has 25 heavy (non-hydrogen) atoms. The first-order valence-electron chi connectivity index (χ1n) is 8.48. The highest BCUT2D eigenvalue weighted by atomic mass is 31.2. The molecule has 0 amide bonds. The van der Waals surface area contributed by atoms with Crippen LogP contribution >= 0.6 is 7.60 Å². The number of hydrogen-bond donors (Lipinski definition) is 1. The number of rotatable bonds is 6. The van der Waals surface area contributed by atoms with Gasteiger partial charge in [-0.3, -0.25) is 9.09 Å². The molecule has 0 aliphatic rings. The molecule has 130 valence electrons. The molecule has 0 saturated carbocycles. The van der Waals surface area contributed by atoms with Gasteiger partial charge in [-0.1, -0.05) is 79.7 Å². The average molecular weight is 354 g/mol. The van der Waals surface area contributed by atoms with E-state index in [0.29, 0.717) is 6.42 Å². The summed E-state index contributed by atoms with van der Waals surface area (Å²) in [6.45, 7) is 3.87. The summed E-state index contributed by atoms with van der Waals surface area (Å²) >= 11 is 0. The minimum Gasteiger partial charge on any atom is -0.324 e. The van der Waals surface area contributed by atoms with Crippen molar-refractivity contribution in [1.29, 1.82) is 0 Å². The maximum atomic E-state index is 12.8. The third kappa shape index (κ3) is 4.01. The van der Waals surface area contributed by atoms with Crippen molar-refractivity contribution in [3.63, 3.8) is 0 Å². The Labute approximate surface area is 148 Å². The first-order chi connectivity index (χ1) is 11.9. The molecule has 0 heterocycles. The molecule has 0 bridgehead atoms. The van der Waals surface area contributed by atoms with Crippen LogP contribution in [0.3, 0.4) is 0 Å². The molecule has 2 unspecified atom stereocenters. The topological polar surface area (TPSA) is 46.5 Å². The molecule has 0 aliphatic carbocycles. The van der Waals surface area contributed by atoms with Crippen LogP contribution in [0.1, 0.15) is 31.4 Å². The number of fused-ring (bicyclic) bond motifs is 1. The standard InChI is InChI=1S/C21H23O3P/c1-3-21(2,20-15-9-13-18-12-7-8-14-19(18)20)24-25(22,23)16-17-10-5-4-6-11-17/h4-15H,3,16H2,1-2H3,(H,22,23). The molecule has 0 aromatic heterocycles. The minimum atomic E-state index is -3.80. The van der Waals surface area contributed by atoms with Crippen molar-refractivity contribution in [3.8, 4) is 0 Å². The number of benzene rings is 3. The van der Waals surface area contributed by atoms with E-state index in [0.717, 1.165) is 21.9 Å². The van der Waals surface area contributed by atoms with Crippen molar-refractivity contribution in [3.05, 3.63) is 83.9 Å². The Balaban J connectivity index is 1.96. The Morgan fingerprint density at radius 3 is 2.32 bits per heavy atom. The van der Waals surface area contributed by atoms with Crippen molar-refractivity contribution < 1.29 is 14.0 Å². The largest absolute Gasteiger partial charge is 0.333 e. The quantitative estimate of drug-likeness (QED) is 0.563. The van der Waals surface area contributed by atoms with E-state index in [9.17, 15) is 9.46 Å². The molecule has 3 aromatic rings. The molecule has 0 aliphatic heterocycles. The van der Waals surface area contributed by atoms with Crippen LogP contribution < -0.4 is 0 Å². The zero-order chi connectivity index (χ0) is 17.9. The molecule has 3 nitrogen and oxygen atoms in total. The van der Waals surface area contributed by atoms with Gasteiger partial charge in [-0.2, -0.15) is 0 Å². The lowest BCUT2D eigenvalue weighted by Gasteiger charge is -2.32. The third-order valence-corrected chi connectivity index (χ3v) is 6.06. The third-order valence-electron chi connectivity index (χ3n) is 4.60. The molecule has 0 radical (unpaired) electrons. The van der Waals surface area contributed by atoms with Crippen LogP contribution in [-0.2, 0) is 20.9 Å². The van der Waals surface area contributed by atoms with E-state index in [4.69, 9.17) is 4.52 Å². The van der Waals surface area contributed by atoms with Crippen LogP contribution in [0.2, 0.25) is 0 Å². The fraction of sp³-hybridized carbons (Fsp3) is 0.238. The molecule has 0 spiro atoms. The maximum Gasteiger partial charge on any atom is 0.333 e. The molecule has 0 fully saturated rings. The van der Waals surface area contributed by atoms with Gasteiger partial charge in [0.25, 0.3) is 0 Å². The smallest absolute Gasteiger partial charge is 0.324 e. The van der Waals surface area contributed by atoms with Gasteiger partial charge in [-0.05, 0) is 35.2 Å². The monoisotopic (exact) mass is 354 g/mol. The van der Waals surface area contributed by atoms with Gasteiger partial charge in [-0.25, -0.2) is 0 Å². The van der Waals surface area contributed by atoms with E-state index in [-0.39, 0.29) is 6.16 Å². The van der Waals surface area contributed by atoms with Crippen LogP contribution in [0.15, 0.2) is 72.8 Å². The van der Waals surface area contributed by atoms with Crippen molar-refractivity contribution in [1.82, 2.24) is 0 Å². The second kappa shape index (κ2) is 7.13. The fourth-order valence-electron chi connectivity index (χ4n) is 3.15. The minimum absolute atomic E-state index is 0.00813. The van der Waals surface area contributed by atoms with Gasteiger partial charge in [-0.15, -0.1) is 0 Å². The van der Waals surface area contributed by atoms with E-state index >= 15 is 0 Å². The van der Waals surface area contributed by atoms with Crippen LogP contribution in [-0.4, -0.2) is 4.89 Å². The highest BCUT2D eigenvalue weighted by molar-refractivity contribution is 7.52. The summed E-state index contributed by atoms with van der Waals surface area (Å²) in [7, 11) is -3.80. The van der Waals surface area contributed by atoms with Crippen molar-refractivity contribution in [2.75, 3.05) is 0 Å². The molecule has 2 atom stereocenters. The van der Waals surface area contributed by atoms with Crippen molar-refractivity contribution in [2.45, 2.75) is 32.0 Å². The average Bonchev–Trinajstić information content (AvgIpc) is 2.61. The van der Waals surface area contributed by atoms with E-state index < -0.39 is 13.2 Å². The van der Waals surface area contributed by atoms with Gasteiger partial charge >= 0.3 is 7.60 Å². The molecule has 3 aromatic carbocycles. The van der Waals surface area contributed by atoms with Crippen LogP contribution in [0, 0.1) is 0 Å². The lowest BCUT2D eigenvalue weighted by atomic mass is 9.89. The summed E-state index contributed by atoms with van der Waals surface area (Å²) in [5.74, 6) is 0. The van der Waals surface area contributed by atoms with Crippen LogP contribution in [0.25, 0.3) is 10.8 Å². The van der Waals surface area contributed by atoms with Crippen molar-refractivity contribution in [2.24, 2.45) is 0 Å². The highest BCUT2D eigenvalue weighted by Crippen LogP contribution is 2.53. The summed E-state index contributed by atoms with van der Waals surface area (Å²) < 4.78 is 18.7. The predicted octanol–water partition coefficient (Wildman–Crippen LogP) is 5.87. The van der Waals surface area contributed by atoms with E-state index in [1.54, 1.807) is 0 Å². The van der Waals surface area contributed by atoms with Gasteiger partial charge in [0.1, 0.15) is 5.60 Å². The van der Waals surface area contributed by atoms with Crippen LogP contribution in [0.4, 0.5) is 0 Å². The zero-order valence-corrected chi connectivity index (χ0v) is 15.4. The molecular formula is C21H23O3P. The predicted molar refractivity (Wildman–Crippen MR) is 103 cm³/mol. The van der Waals surface area contributed by atoms with Gasteiger partial charge in [0.15, 0.2) is 0 Å². The normalized spacial score (nSPS) is 16.3. The Bertz CT molecular complexity index is 902. The Morgan fingerprint density at radius 2 is 1.60 bits per heavy atom. The summed E-state index contributed by atoms with van der Waals surface area (Å²) in [6, 6.07) is 23.3. The zero-order valence-electron chi connectivity index (χ0n) is 14.6. The molecular weight excluding hydrogens is 331 g/mol. The van der Waals surface area contributed by atoms with E-state index in [1.165, 1.54) is 0 Å². The van der Waals surface area contributed by atoms with Gasteiger partial charge in [0, 0.05) is 0 Å². The Hall–Kier alpha value is -1.93. The lowest BCUT2D eigenvalue weighted by Crippen LogP contribution is -2.24. The first-order valence-corrected chi connectivity index (χ1v) is 10.2. The van der Waals surface area contributed by atoms with Crippen molar-refractivity contribution >= 4 is 18.4 Å². The Kier molecular flexibility index (Phi) is 5.10. The summed E-state index contributed by atoms with van der Waals surface area (Å²) in [5.41, 5.74) is 0.903. The van der Waals surface area contributed by atoms with Crippen LogP contribution in [0.5, 0.6) is 0 Å². The molecule has 0 saturated heterocycles.